The third-order valence-corrected chi connectivity index (χ3v) is 3.46. The van der Waals surface area contributed by atoms with Crippen molar-refractivity contribution in [1.82, 2.24) is 0 Å². The molecule has 1 N–H and O–H groups in total. The van der Waals surface area contributed by atoms with E-state index < -0.39 is 28.3 Å². The maximum Gasteiger partial charge on any atom is 0.334 e. The van der Waals surface area contributed by atoms with Gasteiger partial charge in [0.15, 0.2) is 12.2 Å². The first-order chi connectivity index (χ1) is 13.1. The van der Waals surface area contributed by atoms with Crippen LogP contribution < -0.4 is 0 Å². The van der Waals surface area contributed by atoms with Gasteiger partial charge in [0.25, 0.3) is 10.1 Å². The second-order valence-corrected chi connectivity index (χ2v) is 7.13. The molecular weight excluding hydrogens is 396 g/mol. The van der Waals surface area contributed by atoms with Gasteiger partial charge >= 0.3 is 11.9 Å². The summed E-state index contributed by atoms with van der Waals surface area (Å²) >= 11 is 0. The molecule has 0 aromatic carbocycles. The summed E-state index contributed by atoms with van der Waals surface area (Å²) in [6.07, 6.45) is 0.755. The summed E-state index contributed by atoms with van der Waals surface area (Å²) in [5.74, 6) is -0.776. The summed E-state index contributed by atoms with van der Waals surface area (Å²) in [5.41, 5.74) is 0. The lowest BCUT2D eigenvalue weighted by molar-refractivity contribution is -0.156. The van der Waals surface area contributed by atoms with Crippen LogP contribution in [0.2, 0.25) is 0 Å². The maximum atomic E-state index is 11.1. The van der Waals surface area contributed by atoms with Crippen LogP contribution in [0.4, 0.5) is 0 Å². The molecule has 2 atom stereocenters. The van der Waals surface area contributed by atoms with Crippen molar-refractivity contribution in [1.29, 1.82) is 0 Å². The van der Waals surface area contributed by atoms with Gasteiger partial charge < -0.3 is 24.1 Å². The molecule has 11 heteroatoms. The van der Waals surface area contributed by atoms with Gasteiger partial charge in [-0.2, -0.15) is 8.42 Å². The molecule has 28 heavy (non-hydrogen) atoms. The molecule has 0 fully saturated rings. The Hall–Kier alpha value is -1.27. The lowest BCUT2D eigenvalue weighted by Gasteiger charge is -2.11. The van der Waals surface area contributed by atoms with E-state index in [4.69, 9.17) is 24.1 Å². The topological polar surface area (TPSA) is 135 Å². The number of aliphatic hydroxyl groups is 1. The molecule has 0 radical (unpaired) electrons. The standard InChI is InChI=1S/C9H18O6S.C8H16O4/c1-4-13-9(10)8(2)14-6-5-7-15-16(3,11)12;1-3-11-8(10)7(2)12-6-4-5-9/h8H,4-7H2,1-3H3;7,9H,3-6H2,1-2H3/t8-;7-/m00/s1. The quantitative estimate of drug-likeness (QED) is 0.238. The van der Waals surface area contributed by atoms with Crippen molar-refractivity contribution in [3.63, 3.8) is 0 Å². The van der Waals surface area contributed by atoms with Crippen molar-refractivity contribution < 1.29 is 46.2 Å². The Bertz CT molecular complexity index is 506. The zero-order valence-corrected chi connectivity index (χ0v) is 18.2. The zero-order valence-electron chi connectivity index (χ0n) is 17.3. The van der Waals surface area contributed by atoms with E-state index in [-0.39, 0.29) is 25.8 Å². The molecule has 10 nitrogen and oxygen atoms in total. The van der Waals surface area contributed by atoms with Gasteiger partial charge in [-0.15, -0.1) is 0 Å². The van der Waals surface area contributed by atoms with Gasteiger partial charge in [0.1, 0.15) is 0 Å². The van der Waals surface area contributed by atoms with E-state index in [0.717, 1.165) is 6.26 Å². The van der Waals surface area contributed by atoms with E-state index >= 15 is 0 Å². The number of rotatable bonds is 14. The van der Waals surface area contributed by atoms with Crippen molar-refractivity contribution in [3.8, 4) is 0 Å². The highest BCUT2D eigenvalue weighted by molar-refractivity contribution is 7.85. The van der Waals surface area contributed by atoms with E-state index in [1.54, 1.807) is 27.7 Å². The molecule has 0 aliphatic rings. The lowest BCUT2D eigenvalue weighted by Crippen LogP contribution is -2.24. The van der Waals surface area contributed by atoms with Crippen LogP contribution in [0.25, 0.3) is 0 Å². The van der Waals surface area contributed by atoms with Crippen molar-refractivity contribution in [2.45, 2.75) is 52.7 Å². The summed E-state index contributed by atoms with van der Waals surface area (Å²) in [7, 11) is -3.40. The van der Waals surface area contributed by atoms with Gasteiger partial charge in [0.05, 0.1) is 26.1 Å². The number of hydrogen-bond donors (Lipinski definition) is 1. The number of ether oxygens (including phenoxy) is 4. The zero-order chi connectivity index (χ0) is 22.0. The molecular formula is C17H34O10S. The molecule has 0 aliphatic heterocycles. The second-order valence-electron chi connectivity index (χ2n) is 5.49. The van der Waals surface area contributed by atoms with Crippen LogP contribution in [0.15, 0.2) is 0 Å². The Morgan fingerprint density at radius 1 is 0.857 bits per heavy atom. The van der Waals surface area contributed by atoms with Crippen LogP contribution in [0.1, 0.15) is 40.5 Å². The Morgan fingerprint density at radius 2 is 1.29 bits per heavy atom. The summed E-state index contributed by atoms with van der Waals surface area (Å²) < 4.78 is 45.3. The molecule has 168 valence electrons. The predicted octanol–water partition coefficient (Wildman–Crippen LogP) is 0.658. The molecule has 0 aliphatic carbocycles. The van der Waals surface area contributed by atoms with Gasteiger partial charge in [-0.3, -0.25) is 4.18 Å². The SMILES string of the molecule is CCOC(=O)[C@H](C)OCCCO.CCOC(=O)[C@H](C)OCCCOS(C)(=O)=O. The Kier molecular flexibility index (Phi) is 18.4. The van der Waals surface area contributed by atoms with Crippen molar-refractivity contribution in [3.05, 3.63) is 0 Å². The molecule has 0 saturated carbocycles. The van der Waals surface area contributed by atoms with E-state index in [9.17, 15) is 18.0 Å². The molecule has 0 aromatic rings. The Balaban J connectivity index is 0. The number of aliphatic hydroxyl groups excluding tert-OH is 1. The van der Waals surface area contributed by atoms with Crippen LogP contribution in [0.5, 0.6) is 0 Å². The van der Waals surface area contributed by atoms with Gasteiger partial charge in [-0.25, -0.2) is 9.59 Å². The number of hydrogen-bond acceptors (Lipinski definition) is 10. The van der Waals surface area contributed by atoms with Crippen LogP contribution in [-0.2, 0) is 42.8 Å². The fraction of sp³-hybridized carbons (Fsp3) is 0.882. The summed E-state index contributed by atoms with van der Waals surface area (Å²) in [4.78, 5) is 22.0. The van der Waals surface area contributed by atoms with E-state index in [1.807, 2.05) is 0 Å². The largest absolute Gasteiger partial charge is 0.464 e. The van der Waals surface area contributed by atoms with Crippen LogP contribution >= 0.6 is 0 Å². The molecule has 0 spiro atoms. The summed E-state index contributed by atoms with van der Waals surface area (Å²) in [6, 6.07) is 0. The van der Waals surface area contributed by atoms with Crippen molar-refractivity contribution >= 4 is 22.1 Å². The highest BCUT2D eigenvalue weighted by atomic mass is 32.2. The fourth-order valence-electron chi connectivity index (χ4n) is 1.51. The van der Waals surface area contributed by atoms with E-state index in [2.05, 4.69) is 4.18 Å². The number of esters is 2. The molecule has 0 saturated heterocycles. The monoisotopic (exact) mass is 430 g/mol. The van der Waals surface area contributed by atoms with Crippen LogP contribution in [0.3, 0.4) is 0 Å². The molecule has 0 aromatic heterocycles. The van der Waals surface area contributed by atoms with E-state index in [0.29, 0.717) is 32.7 Å². The molecule has 0 bridgehead atoms. The van der Waals surface area contributed by atoms with Gasteiger partial charge in [0.2, 0.25) is 0 Å². The highest BCUT2D eigenvalue weighted by Gasteiger charge is 2.14. The van der Waals surface area contributed by atoms with Gasteiger partial charge in [-0.1, -0.05) is 0 Å². The minimum absolute atomic E-state index is 0.0500. The fourth-order valence-corrected chi connectivity index (χ4v) is 1.93. The van der Waals surface area contributed by atoms with Crippen molar-refractivity contribution in [2.24, 2.45) is 0 Å². The highest BCUT2D eigenvalue weighted by Crippen LogP contribution is 1.98. The third-order valence-electron chi connectivity index (χ3n) is 2.86. The first-order valence-corrected chi connectivity index (χ1v) is 10.9. The predicted molar refractivity (Wildman–Crippen MR) is 101 cm³/mol. The number of carbonyl (C=O) groups excluding carboxylic acids is 2. The number of carbonyl (C=O) groups is 2. The molecule has 0 heterocycles. The lowest BCUT2D eigenvalue weighted by atomic mass is 10.4. The van der Waals surface area contributed by atoms with E-state index in [1.165, 1.54) is 0 Å². The van der Waals surface area contributed by atoms with Crippen LogP contribution in [0, 0.1) is 0 Å². The maximum absolute atomic E-state index is 11.1. The average Bonchev–Trinajstić information content (AvgIpc) is 2.61. The second kappa shape index (κ2) is 17.8. The van der Waals surface area contributed by atoms with Gasteiger partial charge in [0, 0.05) is 19.8 Å². The summed E-state index contributed by atoms with van der Waals surface area (Å²) in [5, 5.41) is 8.42. The molecule has 0 unspecified atom stereocenters. The minimum atomic E-state index is -3.40. The van der Waals surface area contributed by atoms with Crippen LogP contribution in [-0.4, -0.2) is 83.6 Å². The normalized spacial score (nSPS) is 13.1. The molecule has 0 amide bonds. The van der Waals surface area contributed by atoms with Gasteiger partial charge in [-0.05, 0) is 40.5 Å². The Labute approximate surface area is 167 Å². The molecule has 0 rings (SSSR count). The summed E-state index contributed by atoms with van der Waals surface area (Å²) in [6.45, 7) is 8.11. The van der Waals surface area contributed by atoms with Crippen molar-refractivity contribution in [2.75, 3.05) is 45.9 Å². The first kappa shape index (κ1) is 28.9. The smallest absolute Gasteiger partial charge is 0.334 e. The first-order valence-electron chi connectivity index (χ1n) is 9.10. The Morgan fingerprint density at radius 3 is 1.64 bits per heavy atom. The third kappa shape index (κ3) is 19.5. The minimum Gasteiger partial charge on any atom is -0.464 e. The average molecular weight is 431 g/mol.